The van der Waals surface area contributed by atoms with Crippen LogP contribution in [0.4, 0.5) is 0 Å². The van der Waals surface area contributed by atoms with Crippen molar-refractivity contribution in [1.29, 1.82) is 5.26 Å². The summed E-state index contributed by atoms with van der Waals surface area (Å²) in [4.78, 5) is 10.6. The van der Waals surface area contributed by atoms with Gasteiger partial charge in [-0.15, -0.1) is 0 Å². The number of hydrogen-bond donors (Lipinski definition) is 1. The van der Waals surface area contributed by atoms with Crippen molar-refractivity contribution in [3.8, 4) is 6.07 Å². The van der Waals surface area contributed by atoms with Crippen LogP contribution in [0.2, 0.25) is 0 Å². The predicted octanol–water partition coefficient (Wildman–Crippen LogP) is 2.71. The lowest BCUT2D eigenvalue weighted by molar-refractivity contribution is -0.132. The third-order valence-corrected chi connectivity index (χ3v) is 1.96. The molecule has 1 aromatic rings. The number of nitrogens with zero attached hydrogens (tertiary/aromatic N) is 1. The van der Waals surface area contributed by atoms with E-state index in [-0.39, 0.29) is 5.57 Å². The maximum atomic E-state index is 10.6. The minimum Gasteiger partial charge on any atom is -0.477 e. The number of nitriles is 1. The van der Waals surface area contributed by atoms with Crippen LogP contribution in [0.15, 0.2) is 35.9 Å². The van der Waals surface area contributed by atoms with E-state index in [2.05, 4.69) is 0 Å². The fourth-order valence-corrected chi connectivity index (χ4v) is 1.20. The Balaban J connectivity index is 2.99. The zero-order chi connectivity index (χ0) is 12.0. The lowest BCUT2D eigenvalue weighted by Gasteiger charge is -1.96. The minimum atomic E-state index is -1.21. The lowest BCUT2D eigenvalue weighted by atomic mass is 10.1. The summed E-state index contributed by atoms with van der Waals surface area (Å²) >= 11 is 0. The molecule has 16 heavy (non-hydrogen) atoms. The van der Waals surface area contributed by atoms with Gasteiger partial charge in [-0.1, -0.05) is 36.4 Å². The highest BCUT2D eigenvalue weighted by Gasteiger charge is 2.04. The number of carboxylic acids is 1. The first-order valence-corrected chi connectivity index (χ1v) is 4.75. The molecule has 0 aromatic heterocycles. The lowest BCUT2D eigenvalue weighted by Crippen LogP contribution is -1.97. The summed E-state index contributed by atoms with van der Waals surface area (Å²) in [6.45, 7) is 1.92. The molecule has 0 fully saturated rings. The molecular weight excluding hydrogens is 202 g/mol. The molecule has 0 saturated heterocycles. The van der Waals surface area contributed by atoms with Crippen LogP contribution >= 0.6 is 0 Å². The summed E-state index contributed by atoms with van der Waals surface area (Å²) in [6, 6.07) is 8.91. The van der Waals surface area contributed by atoms with Crippen molar-refractivity contribution in [3.05, 3.63) is 47.0 Å². The highest BCUT2D eigenvalue weighted by Crippen LogP contribution is 2.10. The molecular formula is C13H11NO2. The predicted molar refractivity (Wildman–Crippen MR) is 62.4 cm³/mol. The fraction of sp³-hybridized carbons (Fsp3) is 0.0769. The van der Waals surface area contributed by atoms with E-state index in [1.807, 2.05) is 31.2 Å². The van der Waals surface area contributed by atoms with Gasteiger partial charge in [-0.3, -0.25) is 0 Å². The summed E-state index contributed by atoms with van der Waals surface area (Å²) in [5, 5.41) is 17.3. The molecule has 0 spiro atoms. The molecule has 0 heterocycles. The van der Waals surface area contributed by atoms with Crippen LogP contribution in [0.25, 0.3) is 12.2 Å². The SMILES string of the molecule is C/C=C\c1ccc(/C=C(\C#N)C(=O)O)cc1. The van der Waals surface area contributed by atoms with Crippen LogP contribution in [0.5, 0.6) is 0 Å². The van der Waals surface area contributed by atoms with Gasteiger partial charge in [0.25, 0.3) is 0 Å². The third-order valence-electron chi connectivity index (χ3n) is 1.96. The number of allylic oxidation sites excluding steroid dienone is 1. The molecule has 0 aliphatic heterocycles. The van der Waals surface area contributed by atoms with E-state index in [0.29, 0.717) is 5.56 Å². The average Bonchev–Trinajstić information content (AvgIpc) is 2.28. The van der Waals surface area contributed by atoms with Crippen molar-refractivity contribution in [1.82, 2.24) is 0 Å². The zero-order valence-electron chi connectivity index (χ0n) is 8.84. The summed E-state index contributed by atoms with van der Waals surface area (Å²) in [5.74, 6) is -1.21. The molecule has 0 aliphatic carbocycles. The number of hydrogen-bond acceptors (Lipinski definition) is 2. The highest BCUT2D eigenvalue weighted by atomic mass is 16.4. The van der Waals surface area contributed by atoms with E-state index in [9.17, 15) is 4.79 Å². The van der Waals surface area contributed by atoms with Crippen molar-refractivity contribution >= 4 is 18.1 Å². The van der Waals surface area contributed by atoms with Crippen molar-refractivity contribution < 1.29 is 9.90 Å². The van der Waals surface area contributed by atoms with Gasteiger partial charge in [0.2, 0.25) is 0 Å². The Hall–Kier alpha value is -2.34. The van der Waals surface area contributed by atoms with E-state index >= 15 is 0 Å². The Labute approximate surface area is 94.0 Å². The first kappa shape index (κ1) is 11.7. The van der Waals surface area contributed by atoms with Gasteiger partial charge in [-0.05, 0) is 24.1 Å². The first-order chi connectivity index (χ1) is 7.67. The van der Waals surface area contributed by atoms with E-state index in [1.54, 1.807) is 18.2 Å². The molecule has 0 radical (unpaired) electrons. The maximum Gasteiger partial charge on any atom is 0.346 e. The van der Waals surface area contributed by atoms with Gasteiger partial charge >= 0.3 is 5.97 Å². The van der Waals surface area contributed by atoms with Gasteiger partial charge in [0.1, 0.15) is 11.6 Å². The molecule has 0 amide bonds. The molecule has 3 heteroatoms. The molecule has 1 N–H and O–H groups in total. The summed E-state index contributed by atoms with van der Waals surface area (Å²) < 4.78 is 0. The van der Waals surface area contributed by atoms with E-state index in [4.69, 9.17) is 10.4 Å². The highest BCUT2D eigenvalue weighted by molar-refractivity contribution is 5.96. The second-order valence-electron chi connectivity index (χ2n) is 3.14. The van der Waals surface area contributed by atoms with Gasteiger partial charge in [0.05, 0.1) is 0 Å². The molecule has 3 nitrogen and oxygen atoms in total. The molecule has 1 aromatic carbocycles. The Morgan fingerprint density at radius 3 is 2.31 bits per heavy atom. The smallest absolute Gasteiger partial charge is 0.346 e. The van der Waals surface area contributed by atoms with E-state index < -0.39 is 5.97 Å². The molecule has 0 atom stereocenters. The van der Waals surface area contributed by atoms with E-state index in [1.165, 1.54) is 6.08 Å². The van der Waals surface area contributed by atoms with Crippen LogP contribution in [0.1, 0.15) is 18.1 Å². The van der Waals surface area contributed by atoms with Crippen LogP contribution in [0.3, 0.4) is 0 Å². The monoisotopic (exact) mass is 213 g/mol. The summed E-state index contributed by atoms with van der Waals surface area (Å²) in [6.07, 6.45) is 5.21. The largest absolute Gasteiger partial charge is 0.477 e. The number of carboxylic acid groups (broad SMARTS) is 1. The number of aliphatic carboxylic acids is 1. The molecule has 0 bridgehead atoms. The van der Waals surface area contributed by atoms with Crippen molar-refractivity contribution in [3.63, 3.8) is 0 Å². The first-order valence-electron chi connectivity index (χ1n) is 4.75. The van der Waals surface area contributed by atoms with Crippen LogP contribution in [0, 0.1) is 11.3 Å². The van der Waals surface area contributed by atoms with Crippen molar-refractivity contribution in [2.24, 2.45) is 0 Å². The fourth-order valence-electron chi connectivity index (χ4n) is 1.20. The average molecular weight is 213 g/mol. The normalized spacial score (nSPS) is 11.4. The van der Waals surface area contributed by atoms with Crippen LogP contribution in [-0.4, -0.2) is 11.1 Å². The number of carbonyl (C=O) groups is 1. The number of rotatable bonds is 3. The third kappa shape index (κ3) is 3.10. The molecule has 0 aliphatic rings. The van der Waals surface area contributed by atoms with E-state index in [0.717, 1.165) is 5.56 Å². The minimum absolute atomic E-state index is 0.265. The van der Waals surface area contributed by atoms with Gasteiger partial charge in [-0.25, -0.2) is 4.79 Å². The van der Waals surface area contributed by atoms with Gasteiger partial charge in [0, 0.05) is 0 Å². The Kier molecular flexibility index (Phi) is 4.05. The second kappa shape index (κ2) is 5.52. The van der Waals surface area contributed by atoms with Crippen molar-refractivity contribution in [2.75, 3.05) is 0 Å². The Morgan fingerprint density at radius 2 is 1.88 bits per heavy atom. The van der Waals surface area contributed by atoms with Crippen LogP contribution in [-0.2, 0) is 4.79 Å². The molecule has 0 saturated carbocycles. The quantitative estimate of drug-likeness (QED) is 0.620. The number of benzene rings is 1. The topological polar surface area (TPSA) is 61.1 Å². The molecule has 80 valence electrons. The van der Waals surface area contributed by atoms with Gasteiger partial charge in [-0.2, -0.15) is 5.26 Å². The zero-order valence-corrected chi connectivity index (χ0v) is 8.84. The maximum absolute atomic E-state index is 10.6. The molecule has 0 unspecified atom stereocenters. The van der Waals surface area contributed by atoms with Crippen molar-refractivity contribution in [2.45, 2.75) is 6.92 Å². The molecule has 1 rings (SSSR count). The van der Waals surface area contributed by atoms with Gasteiger partial charge < -0.3 is 5.11 Å². The summed E-state index contributed by atoms with van der Waals surface area (Å²) in [5.41, 5.74) is 1.47. The van der Waals surface area contributed by atoms with Gasteiger partial charge in [0.15, 0.2) is 0 Å². The standard InChI is InChI=1S/C13H11NO2/c1-2-3-10-4-6-11(7-5-10)8-12(9-14)13(15)16/h2-8H,1H3,(H,15,16)/b3-2-,12-8+. The van der Waals surface area contributed by atoms with Crippen LogP contribution < -0.4 is 0 Å². The Morgan fingerprint density at radius 1 is 1.31 bits per heavy atom. The Bertz CT molecular complexity index is 476. The summed E-state index contributed by atoms with van der Waals surface area (Å²) in [7, 11) is 0. The second-order valence-corrected chi connectivity index (χ2v) is 3.14.